The van der Waals surface area contributed by atoms with Gasteiger partial charge in [0.2, 0.25) is 0 Å². The molecular weight excluding hydrogens is 292 g/mol. The number of carbonyl (C=O) groups is 2. The van der Waals surface area contributed by atoms with E-state index in [9.17, 15) is 9.59 Å². The number of hydrogen-bond donors (Lipinski definition) is 1. The number of esters is 1. The zero-order valence-corrected chi connectivity index (χ0v) is 11.3. The van der Waals surface area contributed by atoms with Gasteiger partial charge in [0.25, 0.3) is 0 Å². The van der Waals surface area contributed by atoms with Crippen LogP contribution in [0.4, 0.5) is 0 Å². The predicted molar refractivity (Wildman–Crippen MR) is 62.5 cm³/mol. The van der Waals surface area contributed by atoms with E-state index in [2.05, 4.69) is 25.8 Å². The fraction of sp³-hybridized carbons (Fsp3) is 0.500. The summed E-state index contributed by atoms with van der Waals surface area (Å²) in [7, 11) is 2.87. The average Bonchev–Trinajstić information content (AvgIpc) is 2.49. The van der Waals surface area contributed by atoms with Crippen molar-refractivity contribution in [2.24, 2.45) is 13.0 Å². The Hall–Kier alpha value is -1.37. The molecule has 0 saturated carbocycles. The maximum Gasteiger partial charge on any atom is 0.320 e. The Labute approximate surface area is 107 Å². The van der Waals surface area contributed by atoms with Crippen molar-refractivity contribution in [1.82, 2.24) is 9.78 Å². The molecule has 1 unspecified atom stereocenters. The van der Waals surface area contributed by atoms with Crippen LogP contribution < -0.4 is 0 Å². The number of aliphatic carboxylic acids is 1. The minimum absolute atomic E-state index is 0.0416. The van der Waals surface area contributed by atoms with E-state index in [1.165, 1.54) is 7.11 Å². The van der Waals surface area contributed by atoms with E-state index in [1.807, 2.05) is 0 Å². The molecule has 1 aromatic heterocycles. The smallest absolute Gasteiger partial charge is 0.320 e. The molecule has 1 heterocycles. The SMILES string of the molecule is COC(=O)C(Cc1c(Br)c(C)nn1C)C(=O)O. The number of carboxylic acids is 1. The number of carboxylic acid groups (broad SMARTS) is 1. The summed E-state index contributed by atoms with van der Waals surface area (Å²) in [5.41, 5.74) is 1.40. The first-order valence-electron chi connectivity index (χ1n) is 4.87. The van der Waals surface area contributed by atoms with Crippen molar-refractivity contribution < 1.29 is 19.4 Å². The van der Waals surface area contributed by atoms with Crippen LogP contribution in [0.25, 0.3) is 0 Å². The highest BCUT2D eigenvalue weighted by molar-refractivity contribution is 9.10. The largest absolute Gasteiger partial charge is 0.481 e. The molecule has 1 aromatic rings. The van der Waals surface area contributed by atoms with Crippen LogP contribution in [0.15, 0.2) is 4.47 Å². The van der Waals surface area contributed by atoms with Gasteiger partial charge in [0, 0.05) is 13.5 Å². The Morgan fingerprint density at radius 3 is 2.53 bits per heavy atom. The number of aryl methyl sites for hydroxylation is 2. The van der Waals surface area contributed by atoms with Gasteiger partial charge in [-0.15, -0.1) is 0 Å². The molecule has 0 aromatic carbocycles. The van der Waals surface area contributed by atoms with Crippen molar-refractivity contribution in [1.29, 1.82) is 0 Å². The number of aromatic nitrogens is 2. The van der Waals surface area contributed by atoms with E-state index in [-0.39, 0.29) is 6.42 Å². The van der Waals surface area contributed by atoms with Gasteiger partial charge in [-0.25, -0.2) is 0 Å². The van der Waals surface area contributed by atoms with E-state index in [0.717, 1.165) is 10.2 Å². The highest BCUT2D eigenvalue weighted by Gasteiger charge is 2.30. The molecule has 6 nitrogen and oxygen atoms in total. The Bertz CT molecular complexity index is 455. The monoisotopic (exact) mass is 304 g/mol. The third-order valence-corrected chi connectivity index (χ3v) is 3.47. The van der Waals surface area contributed by atoms with Crippen LogP contribution in [0.5, 0.6) is 0 Å². The first-order valence-corrected chi connectivity index (χ1v) is 5.66. The summed E-state index contributed by atoms with van der Waals surface area (Å²) in [4.78, 5) is 22.3. The molecule has 0 spiro atoms. The van der Waals surface area contributed by atoms with E-state index in [0.29, 0.717) is 5.69 Å². The van der Waals surface area contributed by atoms with Crippen LogP contribution in [-0.2, 0) is 27.8 Å². The molecule has 1 atom stereocenters. The van der Waals surface area contributed by atoms with Crippen molar-refractivity contribution in [3.63, 3.8) is 0 Å². The minimum Gasteiger partial charge on any atom is -0.481 e. The van der Waals surface area contributed by atoms with Gasteiger partial charge in [-0.2, -0.15) is 5.10 Å². The number of nitrogens with zero attached hydrogens (tertiary/aromatic N) is 2. The summed E-state index contributed by atoms with van der Waals surface area (Å²) in [6.07, 6.45) is 0.0416. The topological polar surface area (TPSA) is 81.4 Å². The standard InChI is InChI=1S/C10H13BrN2O4/c1-5-8(11)7(13(2)12-5)4-6(9(14)15)10(16)17-3/h6H,4H2,1-3H3,(H,14,15). The summed E-state index contributed by atoms with van der Waals surface area (Å²) in [6.45, 7) is 1.79. The lowest BCUT2D eigenvalue weighted by molar-refractivity contribution is -0.156. The van der Waals surface area contributed by atoms with E-state index >= 15 is 0 Å². The van der Waals surface area contributed by atoms with Gasteiger partial charge in [0.05, 0.1) is 23.0 Å². The quantitative estimate of drug-likeness (QED) is 0.660. The molecule has 0 bridgehead atoms. The van der Waals surface area contributed by atoms with Crippen LogP contribution in [0, 0.1) is 12.8 Å². The summed E-state index contributed by atoms with van der Waals surface area (Å²) in [5.74, 6) is -3.18. The van der Waals surface area contributed by atoms with Crippen molar-refractivity contribution in [2.75, 3.05) is 7.11 Å². The van der Waals surface area contributed by atoms with E-state index in [4.69, 9.17) is 5.11 Å². The molecular formula is C10H13BrN2O4. The van der Waals surface area contributed by atoms with Gasteiger partial charge in [-0.3, -0.25) is 14.3 Å². The highest BCUT2D eigenvalue weighted by atomic mass is 79.9. The molecule has 17 heavy (non-hydrogen) atoms. The van der Waals surface area contributed by atoms with Gasteiger partial charge in [0.15, 0.2) is 5.92 Å². The Balaban J connectivity index is 3.02. The first kappa shape index (κ1) is 13.7. The molecule has 0 aliphatic carbocycles. The molecule has 1 rings (SSSR count). The number of carbonyl (C=O) groups excluding carboxylic acids is 1. The van der Waals surface area contributed by atoms with Gasteiger partial charge < -0.3 is 9.84 Å². The number of hydrogen-bond acceptors (Lipinski definition) is 4. The zero-order valence-electron chi connectivity index (χ0n) is 9.73. The van der Waals surface area contributed by atoms with Crippen LogP contribution in [0.1, 0.15) is 11.4 Å². The fourth-order valence-corrected chi connectivity index (χ4v) is 2.01. The normalized spacial score (nSPS) is 12.2. The third kappa shape index (κ3) is 2.85. The third-order valence-electron chi connectivity index (χ3n) is 2.44. The number of halogens is 1. The van der Waals surface area contributed by atoms with E-state index < -0.39 is 17.9 Å². The minimum atomic E-state index is -1.22. The van der Waals surface area contributed by atoms with Gasteiger partial charge in [-0.1, -0.05) is 0 Å². The molecule has 0 aliphatic heterocycles. The lowest BCUT2D eigenvalue weighted by atomic mass is 10.0. The van der Waals surface area contributed by atoms with Gasteiger partial charge >= 0.3 is 11.9 Å². The first-order chi connectivity index (χ1) is 7.88. The van der Waals surface area contributed by atoms with Gasteiger partial charge in [-0.05, 0) is 22.9 Å². The van der Waals surface area contributed by atoms with E-state index in [1.54, 1.807) is 18.7 Å². The van der Waals surface area contributed by atoms with Crippen LogP contribution in [0.3, 0.4) is 0 Å². The van der Waals surface area contributed by atoms with Crippen molar-refractivity contribution in [3.05, 3.63) is 15.9 Å². The zero-order chi connectivity index (χ0) is 13.2. The number of ether oxygens (including phenoxy) is 1. The molecule has 0 radical (unpaired) electrons. The molecule has 0 saturated heterocycles. The van der Waals surface area contributed by atoms with Crippen LogP contribution in [-0.4, -0.2) is 33.9 Å². The second kappa shape index (κ2) is 5.31. The van der Waals surface area contributed by atoms with Crippen molar-refractivity contribution >= 4 is 27.9 Å². The lowest BCUT2D eigenvalue weighted by Gasteiger charge is -2.10. The molecule has 0 fully saturated rings. The van der Waals surface area contributed by atoms with Gasteiger partial charge in [0.1, 0.15) is 0 Å². The highest BCUT2D eigenvalue weighted by Crippen LogP contribution is 2.23. The predicted octanol–water partition coefficient (Wildman–Crippen LogP) is 0.907. The molecule has 0 amide bonds. The Kier molecular flexibility index (Phi) is 4.28. The summed E-state index contributed by atoms with van der Waals surface area (Å²) in [5, 5.41) is 13.1. The molecule has 7 heteroatoms. The number of rotatable bonds is 4. The van der Waals surface area contributed by atoms with Crippen molar-refractivity contribution in [2.45, 2.75) is 13.3 Å². The fourth-order valence-electron chi connectivity index (χ4n) is 1.51. The molecule has 0 aliphatic rings. The summed E-state index contributed by atoms with van der Waals surface area (Å²) < 4.78 is 6.74. The Morgan fingerprint density at radius 1 is 1.59 bits per heavy atom. The maximum atomic E-state index is 11.3. The van der Waals surface area contributed by atoms with Crippen molar-refractivity contribution in [3.8, 4) is 0 Å². The average molecular weight is 305 g/mol. The second-order valence-corrected chi connectivity index (χ2v) is 4.38. The molecule has 1 N–H and O–H groups in total. The lowest BCUT2D eigenvalue weighted by Crippen LogP contribution is -2.28. The number of methoxy groups -OCH3 is 1. The molecule has 94 valence electrons. The summed E-state index contributed by atoms with van der Waals surface area (Å²) in [6, 6.07) is 0. The van der Waals surface area contributed by atoms with Crippen LogP contribution in [0.2, 0.25) is 0 Å². The second-order valence-electron chi connectivity index (χ2n) is 3.59. The summed E-state index contributed by atoms with van der Waals surface area (Å²) >= 11 is 3.32. The maximum absolute atomic E-state index is 11.3. The van der Waals surface area contributed by atoms with Crippen LogP contribution >= 0.6 is 15.9 Å². The Morgan fingerprint density at radius 2 is 2.18 bits per heavy atom.